The summed E-state index contributed by atoms with van der Waals surface area (Å²) >= 11 is 0. The molecular weight excluding hydrogens is 372 g/mol. The van der Waals surface area contributed by atoms with E-state index in [0.717, 1.165) is 53.2 Å². The highest BCUT2D eigenvalue weighted by Gasteiger charge is 2.20. The Balaban J connectivity index is 1.62. The molecule has 0 radical (unpaired) electrons. The molecule has 2 aromatic heterocycles. The molecule has 0 saturated carbocycles. The van der Waals surface area contributed by atoms with Crippen LogP contribution >= 0.6 is 0 Å². The Morgan fingerprint density at radius 2 is 2.00 bits per heavy atom. The van der Waals surface area contributed by atoms with Gasteiger partial charge in [0, 0.05) is 42.7 Å². The molecule has 4 aromatic rings. The van der Waals surface area contributed by atoms with Gasteiger partial charge >= 0.3 is 0 Å². The molecule has 6 heteroatoms. The lowest BCUT2D eigenvalue weighted by atomic mass is 10.1. The predicted octanol–water partition coefficient (Wildman–Crippen LogP) is 3.86. The van der Waals surface area contributed by atoms with Crippen LogP contribution in [-0.4, -0.2) is 21.1 Å². The maximum Gasteiger partial charge on any atom is 0.236 e. The van der Waals surface area contributed by atoms with Crippen LogP contribution in [0.25, 0.3) is 16.9 Å². The van der Waals surface area contributed by atoms with Gasteiger partial charge in [-0.1, -0.05) is 36.4 Å². The molecular formula is C24H22N6. The van der Waals surface area contributed by atoms with Crippen molar-refractivity contribution >= 4 is 16.7 Å². The molecule has 148 valence electrons. The van der Waals surface area contributed by atoms with Crippen molar-refractivity contribution in [3.8, 4) is 12.0 Å². The highest BCUT2D eigenvalue weighted by molar-refractivity contribution is 5.84. The van der Waals surface area contributed by atoms with Crippen LogP contribution in [0.3, 0.4) is 0 Å². The maximum absolute atomic E-state index is 9.34. The minimum Gasteiger partial charge on any atom is -0.366 e. The van der Waals surface area contributed by atoms with Gasteiger partial charge in [-0.3, -0.25) is 4.57 Å². The van der Waals surface area contributed by atoms with Gasteiger partial charge in [-0.25, -0.2) is 4.98 Å². The van der Waals surface area contributed by atoms with Gasteiger partial charge in [0.25, 0.3) is 0 Å². The van der Waals surface area contributed by atoms with Crippen molar-refractivity contribution < 1.29 is 0 Å². The molecule has 0 atom stereocenters. The van der Waals surface area contributed by atoms with E-state index >= 15 is 0 Å². The molecule has 0 aliphatic carbocycles. The molecule has 5 rings (SSSR count). The highest BCUT2D eigenvalue weighted by Crippen LogP contribution is 2.27. The average Bonchev–Trinajstić information content (AvgIpc) is 3.12. The number of hydrogen-bond donors (Lipinski definition) is 2. The molecule has 2 aromatic carbocycles. The van der Waals surface area contributed by atoms with Gasteiger partial charge in [0.15, 0.2) is 0 Å². The van der Waals surface area contributed by atoms with Crippen LogP contribution in [0.4, 0.5) is 5.82 Å². The van der Waals surface area contributed by atoms with Crippen LogP contribution in [-0.2, 0) is 19.5 Å². The van der Waals surface area contributed by atoms with Gasteiger partial charge in [0.2, 0.25) is 5.95 Å². The smallest absolute Gasteiger partial charge is 0.236 e. The normalized spacial score (nSPS) is 13.1. The Hall–Kier alpha value is -3.69. The quantitative estimate of drug-likeness (QED) is 0.550. The van der Waals surface area contributed by atoms with E-state index in [1.807, 2.05) is 47.9 Å². The maximum atomic E-state index is 9.34. The molecule has 1 aliphatic rings. The summed E-state index contributed by atoms with van der Waals surface area (Å²) in [6.07, 6.45) is 0.868. The summed E-state index contributed by atoms with van der Waals surface area (Å²) in [6.45, 7) is 4.42. The first-order chi connectivity index (χ1) is 14.7. The first-order valence-corrected chi connectivity index (χ1v) is 10.1. The number of fused-ring (bicyclic) bond motifs is 2. The van der Waals surface area contributed by atoms with Crippen LogP contribution in [0.5, 0.6) is 0 Å². The van der Waals surface area contributed by atoms with Crippen molar-refractivity contribution in [2.24, 2.45) is 0 Å². The summed E-state index contributed by atoms with van der Waals surface area (Å²) in [4.78, 5) is 9.85. The lowest BCUT2D eigenvalue weighted by molar-refractivity contribution is 0.624. The number of aromatic nitrogens is 3. The number of benzene rings is 2. The first kappa shape index (κ1) is 18.3. The second-order valence-corrected chi connectivity index (χ2v) is 7.57. The van der Waals surface area contributed by atoms with Gasteiger partial charge in [-0.2, -0.15) is 10.2 Å². The van der Waals surface area contributed by atoms with Gasteiger partial charge in [0.05, 0.1) is 22.8 Å². The third kappa shape index (κ3) is 3.30. The van der Waals surface area contributed by atoms with Crippen LogP contribution in [0.1, 0.15) is 28.1 Å². The fourth-order valence-corrected chi connectivity index (χ4v) is 4.03. The molecule has 0 fully saturated rings. The Morgan fingerprint density at radius 1 is 1.13 bits per heavy atom. The first-order valence-electron chi connectivity index (χ1n) is 10.1. The zero-order chi connectivity index (χ0) is 20.5. The molecule has 30 heavy (non-hydrogen) atoms. The number of nitrogens with zero attached hydrogens (tertiary/aromatic N) is 4. The Labute approximate surface area is 175 Å². The zero-order valence-electron chi connectivity index (χ0n) is 16.8. The summed E-state index contributed by atoms with van der Waals surface area (Å²) in [5, 5.41) is 17.4. The van der Waals surface area contributed by atoms with Crippen molar-refractivity contribution in [1.82, 2.24) is 19.9 Å². The van der Waals surface area contributed by atoms with E-state index in [-0.39, 0.29) is 0 Å². The standard InChI is InChI=1S/C24H22N6/c1-16-11-19-8-7-18(13-25)12-22(19)30(16)24-28-21-9-10-26-15-20(21)23(29-24)27-14-17-5-3-2-4-6-17/h2-8,11-12,26H,9-10,14-15H2,1H3,(H,27,28,29). The van der Waals surface area contributed by atoms with E-state index < -0.39 is 0 Å². The summed E-state index contributed by atoms with van der Waals surface area (Å²) in [6, 6.07) is 20.4. The SMILES string of the molecule is Cc1cc2ccc(C#N)cc2n1-c1nc2c(c(NCc3ccccc3)n1)CNCC2. The van der Waals surface area contributed by atoms with E-state index in [0.29, 0.717) is 18.1 Å². The van der Waals surface area contributed by atoms with Crippen LogP contribution in [0.15, 0.2) is 54.6 Å². The van der Waals surface area contributed by atoms with Crippen molar-refractivity contribution in [1.29, 1.82) is 5.26 Å². The molecule has 6 nitrogen and oxygen atoms in total. The average molecular weight is 394 g/mol. The number of hydrogen-bond acceptors (Lipinski definition) is 5. The Kier molecular flexibility index (Phi) is 4.66. The molecule has 0 unspecified atom stereocenters. The molecule has 1 aliphatic heterocycles. The van der Waals surface area contributed by atoms with Crippen molar-refractivity contribution in [2.75, 3.05) is 11.9 Å². The van der Waals surface area contributed by atoms with Crippen molar-refractivity contribution in [3.63, 3.8) is 0 Å². The van der Waals surface area contributed by atoms with Crippen LogP contribution in [0, 0.1) is 18.3 Å². The van der Waals surface area contributed by atoms with E-state index in [2.05, 4.69) is 34.9 Å². The molecule has 2 N–H and O–H groups in total. The highest BCUT2D eigenvalue weighted by atomic mass is 15.2. The molecule has 0 spiro atoms. The molecule has 0 bridgehead atoms. The molecule has 3 heterocycles. The van der Waals surface area contributed by atoms with E-state index in [4.69, 9.17) is 9.97 Å². The Morgan fingerprint density at radius 3 is 2.83 bits per heavy atom. The summed E-state index contributed by atoms with van der Waals surface area (Å²) in [5.74, 6) is 1.51. The van der Waals surface area contributed by atoms with Gasteiger partial charge in [0.1, 0.15) is 5.82 Å². The summed E-state index contributed by atoms with van der Waals surface area (Å²) < 4.78 is 2.05. The topological polar surface area (TPSA) is 78.6 Å². The number of aryl methyl sites for hydroxylation is 1. The third-order valence-corrected chi connectivity index (χ3v) is 5.54. The fourth-order valence-electron chi connectivity index (χ4n) is 4.03. The minimum atomic E-state index is 0.631. The number of anilines is 1. The summed E-state index contributed by atoms with van der Waals surface area (Å²) in [5.41, 5.74) is 6.04. The largest absolute Gasteiger partial charge is 0.366 e. The second-order valence-electron chi connectivity index (χ2n) is 7.57. The number of nitrogens with one attached hydrogen (secondary N) is 2. The monoisotopic (exact) mass is 394 g/mol. The van der Waals surface area contributed by atoms with E-state index in [1.165, 1.54) is 5.56 Å². The third-order valence-electron chi connectivity index (χ3n) is 5.54. The van der Waals surface area contributed by atoms with Gasteiger partial charge in [-0.15, -0.1) is 0 Å². The number of rotatable bonds is 4. The van der Waals surface area contributed by atoms with Crippen molar-refractivity contribution in [2.45, 2.75) is 26.4 Å². The lowest BCUT2D eigenvalue weighted by Crippen LogP contribution is -2.27. The number of nitriles is 1. The molecule has 0 amide bonds. The van der Waals surface area contributed by atoms with Crippen LogP contribution in [0.2, 0.25) is 0 Å². The minimum absolute atomic E-state index is 0.631. The Bertz CT molecular complexity index is 1270. The van der Waals surface area contributed by atoms with Gasteiger partial charge < -0.3 is 10.6 Å². The van der Waals surface area contributed by atoms with E-state index in [9.17, 15) is 5.26 Å². The zero-order valence-corrected chi connectivity index (χ0v) is 16.8. The summed E-state index contributed by atoms with van der Waals surface area (Å²) in [7, 11) is 0. The van der Waals surface area contributed by atoms with Crippen LogP contribution < -0.4 is 10.6 Å². The van der Waals surface area contributed by atoms with Crippen molar-refractivity contribution in [3.05, 3.63) is 82.7 Å². The second kappa shape index (κ2) is 7.62. The van der Waals surface area contributed by atoms with Gasteiger partial charge in [-0.05, 0) is 30.7 Å². The predicted molar refractivity (Wildman–Crippen MR) is 117 cm³/mol. The fraction of sp³-hybridized carbons (Fsp3) is 0.208. The lowest BCUT2D eigenvalue weighted by Gasteiger charge is -2.21. The molecule has 0 saturated heterocycles. The van der Waals surface area contributed by atoms with E-state index in [1.54, 1.807) is 0 Å².